The molecular weight excluding hydrogens is 614 g/mol. The van der Waals surface area contributed by atoms with Crippen molar-refractivity contribution in [2.45, 2.75) is 88.8 Å². The van der Waals surface area contributed by atoms with Crippen LogP contribution in [0.4, 0.5) is 0 Å². The van der Waals surface area contributed by atoms with Gasteiger partial charge in [0.15, 0.2) is 36.2 Å². The molecular formula is C34H41NO12. The van der Waals surface area contributed by atoms with Gasteiger partial charge in [0.05, 0.1) is 43.3 Å². The molecule has 0 aromatic heterocycles. The Balaban J connectivity index is 1.27. The van der Waals surface area contributed by atoms with Gasteiger partial charge in [0.25, 0.3) is 0 Å². The first kappa shape index (κ1) is 32.4. The van der Waals surface area contributed by atoms with Crippen LogP contribution in [0.25, 0.3) is 0 Å². The third-order valence-corrected chi connectivity index (χ3v) is 10.6. The number of carbonyl (C=O) groups is 3. The van der Waals surface area contributed by atoms with Crippen molar-refractivity contribution in [1.82, 2.24) is 4.90 Å². The fourth-order valence-electron chi connectivity index (χ4n) is 8.45. The van der Waals surface area contributed by atoms with Crippen LogP contribution in [-0.4, -0.2) is 114 Å². The number of rotatable bonds is 6. The Morgan fingerprint density at radius 2 is 1.83 bits per heavy atom. The van der Waals surface area contributed by atoms with Gasteiger partial charge in [-0.25, -0.2) is 0 Å². The molecule has 0 bridgehead atoms. The first-order valence-corrected chi connectivity index (χ1v) is 16.1. The Bertz CT molecular complexity index is 1570. The maximum absolute atomic E-state index is 14.0. The monoisotopic (exact) mass is 655 g/mol. The second-order valence-electron chi connectivity index (χ2n) is 13.6. The van der Waals surface area contributed by atoms with Crippen LogP contribution in [-0.2, 0) is 28.5 Å². The summed E-state index contributed by atoms with van der Waals surface area (Å²) in [5.74, 6) is -5.82. The molecule has 13 nitrogen and oxygen atoms in total. The number of hydrogen-bond donors (Lipinski definition) is 3. The van der Waals surface area contributed by atoms with E-state index in [-0.39, 0.29) is 53.0 Å². The molecule has 0 spiro atoms. The Labute approximate surface area is 272 Å². The van der Waals surface area contributed by atoms with E-state index in [4.69, 9.17) is 28.4 Å². The number of ether oxygens (including phenoxy) is 6. The van der Waals surface area contributed by atoms with E-state index in [0.29, 0.717) is 19.6 Å². The van der Waals surface area contributed by atoms with E-state index in [1.54, 1.807) is 33.1 Å². The summed E-state index contributed by atoms with van der Waals surface area (Å²) >= 11 is 0. The van der Waals surface area contributed by atoms with Crippen LogP contribution in [0, 0.1) is 17.8 Å². The molecule has 3 heterocycles. The zero-order chi connectivity index (χ0) is 33.5. The Kier molecular flexibility index (Phi) is 8.10. The molecule has 1 aromatic carbocycles. The predicted molar refractivity (Wildman–Crippen MR) is 162 cm³/mol. The molecule has 1 saturated carbocycles. The van der Waals surface area contributed by atoms with Gasteiger partial charge in [-0.1, -0.05) is 26.0 Å². The minimum atomic E-state index is -1.98. The van der Waals surface area contributed by atoms with Gasteiger partial charge >= 0.3 is 0 Å². The lowest BCUT2D eigenvalue weighted by Gasteiger charge is -2.46. The van der Waals surface area contributed by atoms with Gasteiger partial charge in [0.2, 0.25) is 0 Å². The van der Waals surface area contributed by atoms with E-state index in [1.807, 2.05) is 6.92 Å². The van der Waals surface area contributed by atoms with Crippen molar-refractivity contribution in [3.8, 4) is 5.75 Å². The van der Waals surface area contributed by atoms with Crippen LogP contribution < -0.4 is 4.74 Å². The summed E-state index contributed by atoms with van der Waals surface area (Å²) < 4.78 is 35.7. The third kappa shape index (κ3) is 4.89. The summed E-state index contributed by atoms with van der Waals surface area (Å²) in [6.07, 6.45) is -4.03. The van der Waals surface area contributed by atoms with E-state index in [9.17, 15) is 29.7 Å². The highest BCUT2D eigenvalue weighted by molar-refractivity contribution is 6.19. The van der Waals surface area contributed by atoms with Gasteiger partial charge in [0.1, 0.15) is 29.0 Å². The Morgan fingerprint density at radius 1 is 1.09 bits per heavy atom. The highest BCUT2D eigenvalue weighted by Gasteiger charge is 2.58. The van der Waals surface area contributed by atoms with Gasteiger partial charge in [-0.3, -0.25) is 19.3 Å². The first-order valence-electron chi connectivity index (χ1n) is 16.1. The van der Waals surface area contributed by atoms with Crippen molar-refractivity contribution in [1.29, 1.82) is 0 Å². The molecule has 3 aliphatic carbocycles. The molecule has 47 heavy (non-hydrogen) atoms. The molecule has 4 fully saturated rings. The average molecular weight is 656 g/mol. The molecule has 3 N–H and O–H groups in total. The number of aliphatic hydroxyl groups is 3. The minimum Gasteiger partial charge on any atom is -0.511 e. The van der Waals surface area contributed by atoms with E-state index in [1.165, 1.54) is 13.2 Å². The number of carbonyl (C=O) groups excluding carboxylic acids is 3. The highest BCUT2D eigenvalue weighted by atomic mass is 16.7. The van der Waals surface area contributed by atoms with Gasteiger partial charge in [0, 0.05) is 61.6 Å². The van der Waals surface area contributed by atoms with Crippen molar-refractivity contribution in [3.05, 3.63) is 52.0 Å². The Morgan fingerprint density at radius 3 is 2.53 bits per heavy atom. The molecule has 3 aliphatic heterocycles. The SMILES string of the molecule is COc1cccc2c1C(=O)C1C(O)=C3C(=C(O)C1C2=O)C[C@@](O)(C(=O)C(C)C)C[C@@H]3O[C@H]1C[C@H]2[C@H](O[C@@H]3[C@@H](OC)OCCN32)[C@H](C)O1. The van der Waals surface area contributed by atoms with E-state index in [0.717, 1.165) is 0 Å². The lowest BCUT2D eigenvalue weighted by atomic mass is 9.62. The van der Waals surface area contributed by atoms with Gasteiger partial charge < -0.3 is 43.7 Å². The maximum Gasteiger partial charge on any atom is 0.197 e. The van der Waals surface area contributed by atoms with Crippen LogP contribution in [0.2, 0.25) is 0 Å². The van der Waals surface area contributed by atoms with Gasteiger partial charge in [-0.05, 0) is 13.0 Å². The van der Waals surface area contributed by atoms with Crippen molar-refractivity contribution >= 4 is 17.3 Å². The molecule has 13 heteroatoms. The molecule has 2 unspecified atom stereocenters. The van der Waals surface area contributed by atoms with E-state index < -0.39 is 83.2 Å². The maximum atomic E-state index is 14.0. The third-order valence-electron chi connectivity index (χ3n) is 10.6. The number of morpholine rings is 1. The lowest BCUT2D eigenvalue weighted by molar-refractivity contribution is -0.253. The number of benzene rings is 1. The normalized spacial score (nSPS) is 38.5. The van der Waals surface area contributed by atoms with Crippen molar-refractivity contribution in [2.75, 3.05) is 27.4 Å². The number of methoxy groups -OCH3 is 2. The van der Waals surface area contributed by atoms with Crippen molar-refractivity contribution in [2.24, 2.45) is 17.8 Å². The number of ketones is 3. The summed E-state index contributed by atoms with van der Waals surface area (Å²) in [7, 11) is 2.94. The zero-order valence-electron chi connectivity index (χ0n) is 27.0. The molecule has 3 saturated heterocycles. The molecule has 0 radical (unpaired) electrons. The van der Waals surface area contributed by atoms with E-state index >= 15 is 0 Å². The van der Waals surface area contributed by atoms with Gasteiger partial charge in [-0.15, -0.1) is 0 Å². The van der Waals surface area contributed by atoms with Crippen LogP contribution in [0.3, 0.4) is 0 Å². The fraction of sp³-hybridized carbons (Fsp3) is 0.618. The van der Waals surface area contributed by atoms with Gasteiger partial charge in [-0.2, -0.15) is 0 Å². The van der Waals surface area contributed by atoms with E-state index in [2.05, 4.69) is 4.90 Å². The largest absolute Gasteiger partial charge is 0.511 e. The Hall–Kier alpha value is -3.17. The average Bonchev–Trinajstić information content (AvgIpc) is 3.43. The van der Waals surface area contributed by atoms with Crippen LogP contribution >= 0.6 is 0 Å². The zero-order valence-corrected chi connectivity index (χ0v) is 27.0. The smallest absolute Gasteiger partial charge is 0.197 e. The molecule has 7 rings (SSSR count). The topological polar surface area (TPSA) is 171 Å². The molecule has 10 atom stereocenters. The number of nitrogens with zero attached hydrogens (tertiary/aromatic N) is 1. The van der Waals surface area contributed by atoms with Crippen LogP contribution in [0.15, 0.2) is 40.9 Å². The van der Waals surface area contributed by atoms with Crippen LogP contribution in [0.1, 0.15) is 60.7 Å². The highest BCUT2D eigenvalue weighted by Crippen LogP contribution is 2.52. The molecule has 1 aromatic rings. The number of allylic oxidation sites excluding steroid dienone is 2. The predicted octanol–water partition coefficient (Wildman–Crippen LogP) is 2.61. The summed E-state index contributed by atoms with van der Waals surface area (Å²) in [4.78, 5) is 43.5. The number of aliphatic hydroxyl groups excluding tert-OH is 2. The van der Waals surface area contributed by atoms with Crippen molar-refractivity contribution in [3.63, 3.8) is 0 Å². The summed E-state index contributed by atoms with van der Waals surface area (Å²) in [5, 5.41) is 35.5. The summed E-state index contributed by atoms with van der Waals surface area (Å²) in [6, 6.07) is 4.47. The summed E-state index contributed by atoms with van der Waals surface area (Å²) in [6.45, 7) is 6.25. The number of fused-ring (bicyclic) bond motifs is 6. The second kappa shape index (κ2) is 11.8. The second-order valence-corrected chi connectivity index (χ2v) is 13.6. The number of hydrogen-bond acceptors (Lipinski definition) is 13. The summed E-state index contributed by atoms with van der Waals surface area (Å²) in [5.41, 5.74) is -1.80. The first-order chi connectivity index (χ1) is 22.4. The molecule has 254 valence electrons. The lowest BCUT2D eigenvalue weighted by Crippen LogP contribution is -2.56. The van der Waals surface area contributed by atoms with Crippen molar-refractivity contribution < 1.29 is 58.1 Å². The molecule has 0 amide bonds. The molecule has 6 aliphatic rings. The number of Topliss-reactive ketones (excluding diaryl/α,β-unsaturated/α-hetero) is 3. The standard InChI is InChI=1S/C34H41NO12/c1-14(2)31(40)34(41)12-17-23(29(39)25-24(27(17)37)26(36)16-7-6-8-19(42-4)22(16)28(25)38)20(13-34)46-21-11-18-30(15(3)45-21)47-32-33(43-5)44-10-9-35(18)32/h6-8,14-15,18,20-21,24-25,30,32-33,37,39,41H,9-13H2,1-5H3/t15-,18-,20-,21-,24?,25?,30+,32+,33-,34-/m0/s1. The quantitative estimate of drug-likeness (QED) is 0.409. The van der Waals surface area contributed by atoms with Crippen LogP contribution in [0.5, 0.6) is 5.75 Å². The minimum absolute atomic E-state index is 0.0195. The fourth-order valence-corrected chi connectivity index (χ4v) is 8.45.